The molecule has 0 bridgehead atoms. The molecule has 130 valence electrons. The van der Waals surface area contributed by atoms with Gasteiger partial charge in [-0.1, -0.05) is 18.2 Å². The minimum Gasteiger partial charge on any atom is -0.465 e. The number of ether oxygens (including phenoxy) is 1. The predicted octanol–water partition coefficient (Wildman–Crippen LogP) is 2.99. The molecule has 1 aliphatic rings. The van der Waals surface area contributed by atoms with Crippen LogP contribution in [0.2, 0.25) is 0 Å². The second-order valence-corrected chi connectivity index (χ2v) is 6.20. The van der Waals surface area contributed by atoms with Crippen molar-refractivity contribution >= 4 is 34.7 Å². The van der Waals surface area contributed by atoms with Gasteiger partial charge in [-0.3, -0.25) is 0 Å². The topological polar surface area (TPSA) is 44.8 Å². The lowest BCUT2D eigenvalue weighted by atomic mass is 10.2. The fourth-order valence-corrected chi connectivity index (χ4v) is 3.12. The van der Waals surface area contributed by atoms with E-state index in [2.05, 4.69) is 39.4 Å². The van der Waals surface area contributed by atoms with E-state index in [1.807, 2.05) is 18.2 Å². The number of rotatable bonds is 3. The van der Waals surface area contributed by atoms with Gasteiger partial charge in [-0.25, -0.2) is 4.79 Å². The molecule has 0 spiro atoms. The minimum atomic E-state index is -0.342. The number of piperazine rings is 1. The van der Waals surface area contributed by atoms with E-state index in [1.54, 1.807) is 12.1 Å². The minimum absolute atomic E-state index is 0.342. The van der Waals surface area contributed by atoms with E-state index in [9.17, 15) is 4.79 Å². The summed E-state index contributed by atoms with van der Waals surface area (Å²) in [6.07, 6.45) is 0. The predicted molar refractivity (Wildman–Crippen MR) is 104 cm³/mol. The Balaban J connectivity index is 1.53. The fraction of sp³-hybridized carbons (Fsp3) is 0.263. The van der Waals surface area contributed by atoms with Gasteiger partial charge < -0.3 is 19.9 Å². The van der Waals surface area contributed by atoms with Crippen LogP contribution in [0.3, 0.4) is 0 Å². The average molecular weight is 355 g/mol. The zero-order valence-electron chi connectivity index (χ0n) is 14.1. The third kappa shape index (κ3) is 4.28. The number of para-hydroxylation sites is 1. The van der Waals surface area contributed by atoms with Gasteiger partial charge in [0.05, 0.1) is 12.7 Å². The van der Waals surface area contributed by atoms with Crippen molar-refractivity contribution in [1.29, 1.82) is 0 Å². The SMILES string of the molecule is COC(=O)c1ccc(NC(=S)N2CCN(c3ccccc3)CC2)cc1. The molecular formula is C19H21N3O2S. The number of nitrogens with one attached hydrogen (secondary N) is 1. The zero-order valence-corrected chi connectivity index (χ0v) is 15.0. The van der Waals surface area contributed by atoms with Crippen molar-refractivity contribution in [2.45, 2.75) is 0 Å². The Morgan fingerprint density at radius 1 is 1.00 bits per heavy atom. The summed E-state index contributed by atoms with van der Waals surface area (Å²) in [5.74, 6) is -0.342. The van der Waals surface area contributed by atoms with Crippen LogP contribution in [-0.4, -0.2) is 49.3 Å². The third-order valence-corrected chi connectivity index (χ3v) is 4.61. The van der Waals surface area contributed by atoms with Gasteiger partial charge >= 0.3 is 5.97 Å². The molecule has 2 aromatic rings. The average Bonchev–Trinajstić information content (AvgIpc) is 2.68. The maximum absolute atomic E-state index is 11.5. The van der Waals surface area contributed by atoms with Crippen molar-refractivity contribution in [3.8, 4) is 0 Å². The molecule has 2 aromatic carbocycles. The Kier molecular flexibility index (Phi) is 5.50. The molecule has 25 heavy (non-hydrogen) atoms. The summed E-state index contributed by atoms with van der Waals surface area (Å²) in [6.45, 7) is 3.63. The molecule has 0 aromatic heterocycles. The van der Waals surface area contributed by atoms with E-state index in [0.29, 0.717) is 10.7 Å². The number of carbonyl (C=O) groups excluding carboxylic acids is 1. The molecule has 0 amide bonds. The molecule has 6 heteroatoms. The highest BCUT2D eigenvalue weighted by Crippen LogP contribution is 2.17. The zero-order chi connectivity index (χ0) is 17.6. The van der Waals surface area contributed by atoms with Crippen molar-refractivity contribution in [2.24, 2.45) is 0 Å². The number of hydrogen-bond donors (Lipinski definition) is 1. The smallest absolute Gasteiger partial charge is 0.337 e. The van der Waals surface area contributed by atoms with Crippen LogP contribution in [0.15, 0.2) is 54.6 Å². The molecule has 1 heterocycles. The molecule has 1 aliphatic heterocycles. The third-order valence-electron chi connectivity index (χ3n) is 4.25. The summed E-state index contributed by atoms with van der Waals surface area (Å²) >= 11 is 5.52. The fourth-order valence-electron chi connectivity index (χ4n) is 2.82. The second-order valence-electron chi connectivity index (χ2n) is 5.81. The van der Waals surface area contributed by atoms with Crippen LogP contribution in [0, 0.1) is 0 Å². The standard InChI is InChI=1S/C19H21N3O2S/c1-24-18(23)15-7-9-16(10-8-15)20-19(25)22-13-11-21(12-14-22)17-5-3-2-4-6-17/h2-10H,11-14H2,1H3,(H,20,25). The van der Waals surface area contributed by atoms with E-state index in [0.717, 1.165) is 31.9 Å². The number of nitrogens with zero attached hydrogens (tertiary/aromatic N) is 2. The molecule has 0 unspecified atom stereocenters. The second kappa shape index (κ2) is 7.98. The van der Waals surface area contributed by atoms with Gasteiger partial charge in [-0.2, -0.15) is 0 Å². The molecule has 0 radical (unpaired) electrons. The number of methoxy groups -OCH3 is 1. The Bertz CT molecular complexity index is 726. The highest BCUT2D eigenvalue weighted by Gasteiger charge is 2.19. The first-order chi connectivity index (χ1) is 12.2. The lowest BCUT2D eigenvalue weighted by Crippen LogP contribution is -2.50. The Morgan fingerprint density at radius 2 is 1.64 bits per heavy atom. The van der Waals surface area contributed by atoms with Crippen molar-refractivity contribution in [3.63, 3.8) is 0 Å². The molecule has 0 saturated carbocycles. The summed E-state index contributed by atoms with van der Waals surface area (Å²) in [6, 6.07) is 17.5. The first kappa shape index (κ1) is 17.2. The lowest BCUT2D eigenvalue weighted by molar-refractivity contribution is 0.0601. The van der Waals surface area contributed by atoms with Crippen molar-refractivity contribution in [2.75, 3.05) is 43.5 Å². The highest BCUT2D eigenvalue weighted by atomic mass is 32.1. The van der Waals surface area contributed by atoms with Crippen LogP contribution in [0.4, 0.5) is 11.4 Å². The number of thiocarbonyl (C=S) groups is 1. The molecule has 1 saturated heterocycles. The molecule has 1 fully saturated rings. The molecule has 5 nitrogen and oxygen atoms in total. The van der Waals surface area contributed by atoms with Gasteiger partial charge in [0.25, 0.3) is 0 Å². The lowest BCUT2D eigenvalue weighted by Gasteiger charge is -2.37. The van der Waals surface area contributed by atoms with Crippen molar-refractivity contribution in [1.82, 2.24) is 4.90 Å². The van der Waals surface area contributed by atoms with Crippen molar-refractivity contribution < 1.29 is 9.53 Å². The van der Waals surface area contributed by atoms with Gasteiger partial charge in [0.15, 0.2) is 5.11 Å². The van der Waals surface area contributed by atoms with Crippen molar-refractivity contribution in [3.05, 3.63) is 60.2 Å². The van der Waals surface area contributed by atoms with Crippen LogP contribution >= 0.6 is 12.2 Å². The number of anilines is 2. The first-order valence-corrected chi connectivity index (χ1v) is 8.62. The molecule has 0 aliphatic carbocycles. The van der Waals surface area contributed by atoms with Gasteiger partial charge in [-0.15, -0.1) is 0 Å². The van der Waals surface area contributed by atoms with Crippen LogP contribution in [0.5, 0.6) is 0 Å². The largest absolute Gasteiger partial charge is 0.465 e. The quantitative estimate of drug-likeness (QED) is 0.675. The van der Waals surface area contributed by atoms with Crippen LogP contribution in [0.25, 0.3) is 0 Å². The van der Waals surface area contributed by atoms with E-state index in [4.69, 9.17) is 17.0 Å². The number of carbonyl (C=O) groups is 1. The molecule has 0 atom stereocenters. The highest BCUT2D eigenvalue weighted by molar-refractivity contribution is 7.80. The van der Waals surface area contributed by atoms with Gasteiger partial charge in [0.2, 0.25) is 0 Å². The van der Waals surface area contributed by atoms with Crippen LogP contribution in [-0.2, 0) is 4.74 Å². The normalized spacial score (nSPS) is 14.1. The van der Waals surface area contributed by atoms with E-state index >= 15 is 0 Å². The van der Waals surface area contributed by atoms with E-state index < -0.39 is 0 Å². The summed E-state index contributed by atoms with van der Waals surface area (Å²) in [4.78, 5) is 16.0. The van der Waals surface area contributed by atoms with Gasteiger partial charge in [-0.05, 0) is 48.6 Å². The molecule has 1 N–H and O–H groups in total. The summed E-state index contributed by atoms with van der Waals surface area (Å²) in [5.41, 5.74) is 2.64. The maximum Gasteiger partial charge on any atom is 0.337 e. The summed E-state index contributed by atoms with van der Waals surface area (Å²) < 4.78 is 4.70. The number of benzene rings is 2. The number of esters is 1. The molecule has 3 rings (SSSR count). The summed E-state index contributed by atoms with van der Waals surface area (Å²) in [5, 5.41) is 3.94. The summed E-state index contributed by atoms with van der Waals surface area (Å²) in [7, 11) is 1.37. The van der Waals surface area contributed by atoms with Crippen LogP contribution < -0.4 is 10.2 Å². The monoisotopic (exact) mass is 355 g/mol. The van der Waals surface area contributed by atoms with E-state index in [1.165, 1.54) is 12.8 Å². The maximum atomic E-state index is 11.5. The Labute approximate surface area is 153 Å². The van der Waals surface area contributed by atoms with E-state index in [-0.39, 0.29) is 5.97 Å². The van der Waals surface area contributed by atoms with Gasteiger partial charge in [0.1, 0.15) is 0 Å². The Morgan fingerprint density at radius 3 is 2.24 bits per heavy atom. The Hall–Kier alpha value is -2.60. The number of hydrogen-bond acceptors (Lipinski definition) is 4. The van der Waals surface area contributed by atoms with Gasteiger partial charge in [0, 0.05) is 37.6 Å². The first-order valence-electron chi connectivity index (χ1n) is 8.21. The molecular weight excluding hydrogens is 334 g/mol. The van der Waals surface area contributed by atoms with Crippen LogP contribution in [0.1, 0.15) is 10.4 Å².